The third-order valence-corrected chi connectivity index (χ3v) is 3.99. The number of nitrogens with zero attached hydrogens (tertiary/aromatic N) is 1. The van der Waals surface area contributed by atoms with Gasteiger partial charge in [0, 0.05) is 25.2 Å². The first kappa shape index (κ1) is 10.6. The average molecular weight is 323 g/mol. The molecule has 14 heavy (non-hydrogen) atoms. The maximum atomic E-state index is 6.01. The van der Waals surface area contributed by atoms with Crippen molar-refractivity contribution in [3.05, 3.63) is 26.0 Å². The van der Waals surface area contributed by atoms with Crippen LogP contribution in [0.15, 0.2) is 6.07 Å². The Balaban J connectivity index is 2.49. The van der Waals surface area contributed by atoms with Gasteiger partial charge in [0.05, 0.1) is 3.57 Å². The van der Waals surface area contributed by atoms with Gasteiger partial charge in [-0.2, -0.15) is 0 Å². The Kier molecular flexibility index (Phi) is 3.29. The molecule has 2 rings (SSSR count). The molecule has 76 valence electrons. The summed E-state index contributed by atoms with van der Waals surface area (Å²) in [5.74, 6) is 0.533. The Bertz CT molecular complexity index is 354. The number of nitrogens with one attached hydrogen (secondary N) is 1. The molecule has 1 aromatic rings. The molecule has 0 saturated heterocycles. The maximum Gasteiger partial charge on any atom is 0.142 e. The van der Waals surface area contributed by atoms with Crippen LogP contribution in [0.25, 0.3) is 0 Å². The van der Waals surface area contributed by atoms with E-state index in [0.29, 0.717) is 11.1 Å². The van der Waals surface area contributed by atoms with E-state index in [4.69, 9.17) is 11.6 Å². The molecule has 0 aromatic carbocycles. The fourth-order valence-corrected chi connectivity index (χ4v) is 2.39. The van der Waals surface area contributed by atoms with Crippen LogP contribution in [0.4, 0.5) is 0 Å². The van der Waals surface area contributed by atoms with Gasteiger partial charge in [-0.1, -0.05) is 18.5 Å². The van der Waals surface area contributed by atoms with Gasteiger partial charge in [0.15, 0.2) is 0 Å². The minimum atomic E-state index is 0.533. The van der Waals surface area contributed by atoms with Crippen molar-refractivity contribution >= 4 is 34.2 Å². The lowest BCUT2D eigenvalue weighted by molar-refractivity contribution is 0.644. The molecule has 1 aliphatic heterocycles. The minimum absolute atomic E-state index is 0.533. The fourth-order valence-electron chi connectivity index (χ4n) is 1.78. The molecule has 0 aliphatic carbocycles. The summed E-state index contributed by atoms with van der Waals surface area (Å²) in [7, 11) is 0. The molecule has 2 nitrogen and oxygen atoms in total. The number of pyridine rings is 1. The van der Waals surface area contributed by atoms with E-state index in [0.717, 1.165) is 28.8 Å². The maximum absolute atomic E-state index is 6.01. The van der Waals surface area contributed by atoms with E-state index in [1.54, 1.807) is 0 Å². The van der Waals surface area contributed by atoms with Crippen molar-refractivity contribution in [3.8, 4) is 0 Å². The van der Waals surface area contributed by atoms with Crippen molar-refractivity contribution < 1.29 is 0 Å². The molecule has 0 fully saturated rings. The van der Waals surface area contributed by atoms with E-state index in [9.17, 15) is 0 Å². The normalized spacial score (nSPS) is 21.5. The molecular weight excluding hydrogens is 310 g/mol. The molecule has 0 saturated carbocycles. The molecule has 1 unspecified atom stereocenters. The highest BCUT2D eigenvalue weighted by molar-refractivity contribution is 14.1. The van der Waals surface area contributed by atoms with Crippen molar-refractivity contribution in [1.29, 1.82) is 0 Å². The predicted octanol–water partition coefficient (Wildman–Crippen LogP) is 2.59. The summed E-state index contributed by atoms with van der Waals surface area (Å²) in [5.41, 5.74) is 2.51. The Labute approximate surface area is 103 Å². The standard InChI is InChI=1S/C10H12ClIN2/c1-6-5-13-3-2-9-7(6)4-8(12)10(11)14-9/h4,6,13H,2-3,5H2,1H3. The van der Waals surface area contributed by atoms with Crippen LogP contribution in [0.1, 0.15) is 24.1 Å². The molecule has 1 atom stereocenters. The van der Waals surface area contributed by atoms with E-state index in [1.807, 2.05) is 0 Å². The molecule has 0 spiro atoms. The molecular formula is C10H12ClIN2. The van der Waals surface area contributed by atoms with E-state index < -0.39 is 0 Å². The average Bonchev–Trinajstić information content (AvgIpc) is 2.31. The van der Waals surface area contributed by atoms with Gasteiger partial charge in [-0.15, -0.1) is 0 Å². The first-order valence-corrected chi connectivity index (χ1v) is 6.19. The number of hydrogen-bond acceptors (Lipinski definition) is 2. The van der Waals surface area contributed by atoms with Crippen molar-refractivity contribution in [3.63, 3.8) is 0 Å². The highest BCUT2D eigenvalue weighted by atomic mass is 127. The summed E-state index contributed by atoms with van der Waals surface area (Å²) in [4.78, 5) is 4.44. The first-order valence-electron chi connectivity index (χ1n) is 4.74. The fraction of sp³-hybridized carbons (Fsp3) is 0.500. The van der Waals surface area contributed by atoms with Gasteiger partial charge in [-0.25, -0.2) is 4.98 Å². The SMILES string of the molecule is CC1CNCCc2nc(Cl)c(I)cc21. The van der Waals surface area contributed by atoms with Crippen LogP contribution in [0.2, 0.25) is 5.15 Å². The Morgan fingerprint density at radius 1 is 1.64 bits per heavy atom. The Hall–Kier alpha value is 0.130. The Morgan fingerprint density at radius 2 is 2.43 bits per heavy atom. The molecule has 4 heteroatoms. The zero-order valence-electron chi connectivity index (χ0n) is 7.98. The summed E-state index contributed by atoms with van der Waals surface area (Å²) in [6.07, 6.45) is 0.982. The monoisotopic (exact) mass is 322 g/mol. The topological polar surface area (TPSA) is 24.9 Å². The van der Waals surface area contributed by atoms with Crippen LogP contribution in [-0.4, -0.2) is 18.1 Å². The van der Waals surface area contributed by atoms with Crippen molar-refractivity contribution in [2.24, 2.45) is 0 Å². The van der Waals surface area contributed by atoms with Crippen LogP contribution < -0.4 is 5.32 Å². The predicted molar refractivity (Wildman–Crippen MR) is 67.0 cm³/mol. The summed E-state index contributed by atoms with van der Waals surface area (Å²) >= 11 is 8.25. The smallest absolute Gasteiger partial charge is 0.142 e. The van der Waals surface area contributed by atoms with Crippen LogP contribution in [0.3, 0.4) is 0 Å². The van der Waals surface area contributed by atoms with Gasteiger partial charge >= 0.3 is 0 Å². The lowest BCUT2D eigenvalue weighted by atomic mass is 10.00. The van der Waals surface area contributed by atoms with E-state index in [1.165, 1.54) is 5.56 Å². The van der Waals surface area contributed by atoms with Gasteiger partial charge < -0.3 is 5.32 Å². The van der Waals surface area contributed by atoms with E-state index in [2.05, 4.69) is 45.9 Å². The van der Waals surface area contributed by atoms with Crippen molar-refractivity contribution in [2.75, 3.05) is 13.1 Å². The zero-order valence-corrected chi connectivity index (χ0v) is 10.9. The summed E-state index contributed by atoms with van der Waals surface area (Å²) < 4.78 is 1.05. The number of fused-ring (bicyclic) bond motifs is 1. The second-order valence-corrected chi connectivity index (χ2v) is 5.17. The lowest BCUT2D eigenvalue weighted by Crippen LogP contribution is -2.18. The summed E-state index contributed by atoms with van der Waals surface area (Å²) in [5, 5.41) is 4.03. The molecule has 0 amide bonds. The van der Waals surface area contributed by atoms with E-state index in [-0.39, 0.29) is 0 Å². The van der Waals surface area contributed by atoms with Gasteiger partial charge in [0.2, 0.25) is 0 Å². The van der Waals surface area contributed by atoms with Gasteiger partial charge in [0.1, 0.15) is 5.15 Å². The third-order valence-electron chi connectivity index (χ3n) is 2.57. The number of halogens is 2. The second kappa shape index (κ2) is 4.33. The van der Waals surface area contributed by atoms with Crippen LogP contribution in [-0.2, 0) is 6.42 Å². The minimum Gasteiger partial charge on any atom is -0.316 e. The number of aromatic nitrogens is 1. The highest BCUT2D eigenvalue weighted by Crippen LogP contribution is 2.26. The van der Waals surface area contributed by atoms with Gasteiger partial charge in [0.25, 0.3) is 0 Å². The highest BCUT2D eigenvalue weighted by Gasteiger charge is 2.17. The van der Waals surface area contributed by atoms with Crippen LogP contribution in [0, 0.1) is 3.57 Å². The first-order chi connectivity index (χ1) is 6.68. The Morgan fingerprint density at radius 3 is 3.21 bits per heavy atom. The van der Waals surface area contributed by atoms with Crippen LogP contribution >= 0.6 is 34.2 Å². The van der Waals surface area contributed by atoms with Crippen molar-refractivity contribution in [2.45, 2.75) is 19.3 Å². The zero-order chi connectivity index (χ0) is 10.1. The number of hydrogen-bond donors (Lipinski definition) is 1. The molecule has 1 N–H and O–H groups in total. The molecule has 1 aromatic heterocycles. The molecule has 0 bridgehead atoms. The number of rotatable bonds is 0. The lowest BCUT2D eigenvalue weighted by Gasteiger charge is -2.12. The van der Waals surface area contributed by atoms with Crippen molar-refractivity contribution in [1.82, 2.24) is 10.3 Å². The summed E-state index contributed by atoms with van der Waals surface area (Å²) in [6, 6.07) is 2.17. The molecule has 2 heterocycles. The summed E-state index contributed by atoms with van der Waals surface area (Å²) in [6.45, 7) is 4.26. The third kappa shape index (κ3) is 2.04. The largest absolute Gasteiger partial charge is 0.316 e. The second-order valence-electron chi connectivity index (χ2n) is 3.65. The molecule has 0 radical (unpaired) electrons. The quantitative estimate of drug-likeness (QED) is 0.587. The molecule has 1 aliphatic rings. The van der Waals surface area contributed by atoms with Gasteiger partial charge in [-0.05, 0) is 40.1 Å². The van der Waals surface area contributed by atoms with Gasteiger partial charge in [-0.3, -0.25) is 0 Å². The van der Waals surface area contributed by atoms with E-state index >= 15 is 0 Å². The van der Waals surface area contributed by atoms with Crippen LogP contribution in [0.5, 0.6) is 0 Å².